The molecule has 0 aliphatic carbocycles. The third-order valence-electron chi connectivity index (χ3n) is 4.03. The van der Waals surface area contributed by atoms with Crippen molar-refractivity contribution in [1.82, 2.24) is 5.32 Å². The Kier molecular flexibility index (Phi) is 4.53. The van der Waals surface area contributed by atoms with Crippen LogP contribution in [0.25, 0.3) is 0 Å². The van der Waals surface area contributed by atoms with Crippen LogP contribution in [-0.4, -0.2) is 18.8 Å². The molecule has 0 radical (unpaired) electrons. The monoisotopic (exact) mass is 321 g/mol. The molecule has 1 aliphatic heterocycles. The van der Waals surface area contributed by atoms with E-state index in [0.29, 0.717) is 12.0 Å². The maximum absolute atomic E-state index is 13.6. The van der Waals surface area contributed by atoms with Gasteiger partial charge < -0.3 is 5.32 Å². The third kappa shape index (κ3) is 3.10. The molecule has 2 atom stereocenters. The minimum absolute atomic E-state index is 0.182. The van der Waals surface area contributed by atoms with Crippen LogP contribution in [0.4, 0.5) is 4.39 Å². The summed E-state index contributed by atoms with van der Waals surface area (Å²) in [6.07, 6.45) is 0.796. The molecule has 2 aromatic carbocycles. The van der Waals surface area contributed by atoms with Crippen molar-refractivity contribution in [2.75, 3.05) is 12.8 Å². The van der Waals surface area contributed by atoms with Crippen LogP contribution in [0.3, 0.4) is 0 Å². The highest BCUT2D eigenvalue weighted by atomic mass is 35.5. The Balaban J connectivity index is 1.81. The standard InChI is InChI=1S/C17H17ClFNS/c1-20-16(9-11-6-7-14(18)15(19)8-11)13-10-21-17-5-3-2-4-12(13)17/h2-8,13,16,20H,9-10H2,1H3. The average molecular weight is 322 g/mol. The molecule has 0 amide bonds. The van der Waals surface area contributed by atoms with E-state index in [1.54, 1.807) is 12.1 Å². The van der Waals surface area contributed by atoms with Gasteiger partial charge in [0.2, 0.25) is 0 Å². The number of nitrogens with one attached hydrogen (secondary N) is 1. The van der Waals surface area contributed by atoms with Gasteiger partial charge in [-0.15, -0.1) is 11.8 Å². The first-order valence-electron chi connectivity index (χ1n) is 7.02. The average Bonchev–Trinajstić information content (AvgIpc) is 2.92. The number of rotatable bonds is 4. The summed E-state index contributed by atoms with van der Waals surface area (Å²) in [6, 6.07) is 13.9. The first-order chi connectivity index (χ1) is 10.2. The number of halogens is 2. The van der Waals surface area contributed by atoms with E-state index in [0.717, 1.165) is 17.7 Å². The fourth-order valence-corrected chi connectivity index (χ4v) is 4.34. The van der Waals surface area contributed by atoms with Gasteiger partial charge >= 0.3 is 0 Å². The zero-order chi connectivity index (χ0) is 14.8. The van der Waals surface area contributed by atoms with Crippen molar-refractivity contribution in [2.45, 2.75) is 23.3 Å². The summed E-state index contributed by atoms with van der Waals surface area (Å²) < 4.78 is 13.6. The molecule has 3 rings (SSSR count). The Hall–Kier alpha value is -1.03. The molecule has 0 bridgehead atoms. The molecule has 0 saturated carbocycles. The number of hydrogen-bond acceptors (Lipinski definition) is 2. The van der Waals surface area contributed by atoms with Gasteiger partial charge in [-0.25, -0.2) is 4.39 Å². The minimum Gasteiger partial charge on any atom is -0.316 e. The van der Waals surface area contributed by atoms with Crippen molar-refractivity contribution in [3.63, 3.8) is 0 Å². The summed E-state index contributed by atoms with van der Waals surface area (Å²) in [5, 5.41) is 3.58. The lowest BCUT2D eigenvalue weighted by atomic mass is 9.89. The second-order valence-corrected chi connectivity index (χ2v) is 6.77. The molecule has 2 aromatic rings. The van der Waals surface area contributed by atoms with Crippen molar-refractivity contribution in [3.8, 4) is 0 Å². The second-order valence-electron chi connectivity index (χ2n) is 5.30. The van der Waals surface area contributed by atoms with E-state index in [2.05, 4.69) is 29.6 Å². The first-order valence-corrected chi connectivity index (χ1v) is 8.38. The van der Waals surface area contributed by atoms with Crippen LogP contribution in [0.2, 0.25) is 5.02 Å². The Morgan fingerprint density at radius 2 is 2.14 bits per heavy atom. The predicted octanol–water partition coefficient (Wildman–Crippen LogP) is 4.50. The molecule has 2 unspecified atom stereocenters. The van der Waals surface area contributed by atoms with Gasteiger partial charge in [-0.1, -0.05) is 35.9 Å². The van der Waals surface area contributed by atoms with Crippen molar-refractivity contribution < 1.29 is 4.39 Å². The zero-order valence-corrected chi connectivity index (χ0v) is 13.3. The van der Waals surface area contributed by atoms with Crippen molar-refractivity contribution >= 4 is 23.4 Å². The maximum Gasteiger partial charge on any atom is 0.142 e. The molecule has 4 heteroatoms. The summed E-state index contributed by atoms with van der Waals surface area (Å²) >= 11 is 7.65. The summed E-state index contributed by atoms with van der Waals surface area (Å²) in [7, 11) is 1.97. The van der Waals surface area contributed by atoms with Crippen LogP contribution in [-0.2, 0) is 6.42 Å². The van der Waals surface area contributed by atoms with Crippen molar-refractivity contribution in [1.29, 1.82) is 0 Å². The van der Waals surface area contributed by atoms with Crippen LogP contribution in [0, 0.1) is 5.82 Å². The lowest BCUT2D eigenvalue weighted by Gasteiger charge is -2.23. The van der Waals surface area contributed by atoms with E-state index in [1.165, 1.54) is 10.5 Å². The highest BCUT2D eigenvalue weighted by Gasteiger charge is 2.29. The normalized spacial score (nSPS) is 18.5. The molecule has 0 saturated heterocycles. The van der Waals surface area contributed by atoms with E-state index in [-0.39, 0.29) is 10.8 Å². The summed E-state index contributed by atoms with van der Waals surface area (Å²) in [5.74, 6) is 1.18. The van der Waals surface area contributed by atoms with E-state index in [4.69, 9.17) is 11.6 Å². The summed E-state index contributed by atoms with van der Waals surface area (Å²) in [5.41, 5.74) is 2.38. The molecular formula is C17H17ClFNS. The van der Waals surface area contributed by atoms with E-state index in [1.807, 2.05) is 24.9 Å². The molecular weight excluding hydrogens is 305 g/mol. The lowest BCUT2D eigenvalue weighted by Crippen LogP contribution is -2.34. The third-order valence-corrected chi connectivity index (χ3v) is 5.55. The highest BCUT2D eigenvalue weighted by Crippen LogP contribution is 2.41. The topological polar surface area (TPSA) is 12.0 Å². The van der Waals surface area contributed by atoms with Gasteiger partial charge in [-0.05, 0) is 42.8 Å². The van der Waals surface area contributed by atoms with E-state index >= 15 is 0 Å². The Labute approximate surface area is 133 Å². The van der Waals surface area contributed by atoms with Crippen LogP contribution in [0.5, 0.6) is 0 Å². The van der Waals surface area contributed by atoms with Gasteiger partial charge in [0.25, 0.3) is 0 Å². The molecule has 1 nitrogen and oxygen atoms in total. The van der Waals surface area contributed by atoms with E-state index < -0.39 is 0 Å². The van der Waals surface area contributed by atoms with Gasteiger partial charge in [-0.3, -0.25) is 0 Å². The molecule has 21 heavy (non-hydrogen) atoms. The highest BCUT2D eigenvalue weighted by molar-refractivity contribution is 7.99. The van der Waals surface area contributed by atoms with Gasteiger partial charge in [0.05, 0.1) is 5.02 Å². The molecule has 1 aliphatic rings. The minimum atomic E-state index is -0.342. The number of hydrogen-bond donors (Lipinski definition) is 1. The number of thioether (sulfide) groups is 1. The Bertz CT molecular complexity index is 646. The first kappa shape index (κ1) is 14.9. The molecule has 1 N–H and O–H groups in total. The lowest BCUT2D eigenvalue weighted by molar-refractivity contribution is 0.487. The van der Waals surface area contributed by atoms with Crippen LogP contribution < -0.4 is 5.32 Å². The van der Waals surface area contributed by atoms with Crippen molar-refractivity contribution in [2.24, 2.45) is 0 Å². The second kappa shape index (κ2) is 6.39. The number of benzene rings is 2. The fraction of sp³-hybridized carbons (Fsp3) is 0.294. The largest absolute Gasteiger partial charge is 0.316 e. The summed E-state index contributed by atoms with van der Waals surface area (Å²) in [6.45, 7) is 0. The number of likely N-dealkylation sites (N-methyl/N-ethyl adjacent to an activating group) is 1. The van der Waals surface area contributed by atoms with Crippen LogP contribution in [0.15, 0.2) is 47.4 Å². The molecule has 0 spiro atoms. The van der Waals surface area contributed by atoms with Gasteiger partial charge in [-0.2, -0.15) is 0 Å². The smallest absolute Gasteiger partial charge is 0.142 e. The zero-order valence-electron chi connectivity index (χ0n) is 11.8. The van der Waals surface area contributed by atoms with Gasteiger partial charge in [0, 0.05) is 22.6 Å². The molecule has 1 heterocycles. The van der Waals surface area contributed by atoms with Crippen molar-refractivity contribution in [3.05, 3.63) is 64.4 Å². The molecule has 0 fully saturated rings. The maximum atomic E-state index is 13.6. The summed E-state index contributed by atoms with van der Waals surface area (Å²) in [4.78, 5) is 1.37. The van der Waals surface area contributed by atoms with Gasteiger partial charge in [0.1, 0.15) is 5.82 Å². The SMILES string of the molecule is CNC(Cc1ccc(Cl)c(F)c1)C1CSc2ccccc21. The van der Waals surface area contributed by atoms with Crippen LogP contribution in [0.1, 0.15) is 17.0 Å². The fourth-order valence-electron chi connectivity index (χ4n) is 2.89. The van der Waals surface area contributed by atoms with E-state index in [9.17, 15) is 4.39 Å². The predicted molar refractivity (Wildman–Crippen MR) is 87.9 cm³/mol. The molecule has 0 aromatic heterocycles. The van der Waals surface area contributed by atoms with Crippen LogP contribution >= 0.6 is 23.4 Å². The number of fused-ring (bicyclic) bond motifs is 1. The Morgan fingerprint density at radius 1 is 1.33 bits per heavy atom. The van der Waals surface area contributed by atoms with Gasteiger partial charge in [0.15, 0.2) is 0 Å². The quantitative estimate of drug-likeness (QED) is 0.890. The Morgan fingerprint density at radius 3 is 2.90 bits per heavy atom. The molecule has 110 valence electrons.